The van der Waals surface area contributed by atoms with E-state index in [0.29, 0.717) is 24.7 Å². The van der Waals surface area contributed by atoms with Gasteiger partial charge in [-0.2, -0.15) is 0 Å². The van der Waals surface area contributed by atoms with Gasteiger partial charge in [-0.15, -0.1) is 0 Å². The predicted octanol–water partition coefficient (Wildman–Crippen LogP) is 5.88. The molecule has 0 amide bonds. The molecule has 3 atom stereocenters. The Labute approximate surface area is 220 Å². The van der Waals surface area contributed by atoms with Crippen molar-refractivity contribution in [2.24, 2.45) is 11.8 Å². The number of fused-ring (bicyclic) bond motifs is 1. The number of hydrogen-bond acceptors (Lipinski definition) is 5. The number of benzene rings is 2. The van der Waals surface area contributed by atoms with E-state index in [1.807, 2.05) is 24.3 Å². The van der Waals surface area contributed by atoms with Crippen LogP contribution in [-0.4, -0.2) is 52.8 Å². The van der Waals surface area contributed by atoms with Gasteiger partial charge in [0.2, 0.25) is 0 Å². The molecule has 1 unspecified atom stereocenters. The lowest BCUT2D eigenvalue weighted by Crippen LogP contribution is -2.41. The summed E-state index contributed by atoms with van der Waals surface area (Å²) in [6.07, 6.45) is 8.10. The standard InChI is InChI=1S/C31H40N2O4/c1-37-26-12-13-29-28(21-26)27(16-18-32-29)30(34)14-10-24-17-20-33(22-25(24)11-15-31(35)36)19-6-5-9-23-7-3-2-4-8-23/h2-4,7-8,12-13,16,18,21,24-25,30,34H,5-6,9-11,14-15,17,19-20,22H2,1H3,(H,35,36)/t24-,25+,30?/m1/s1. The van der Waals surface area contributed by atoms with Crippen molar-refractivity contribution in [3.63, 3.8) is 0 Å². The molecule has 0 saturated carbocycles. The van der Waals surface area contributed by atoms with Gasteiger partial charge in [0.05, 0.1) is 18.7 Å². The van der Waals surface area contributed by atoms with Gasteiger partial charge in [-0.3, -0.25) is 9.78 Å². The SMILES string of the molecule is COc1ccc2nccc(C(O)CC[C@@H]3CCN(CCCCc4ccccc4)C[C@@H]3CCC(=O)O)c2c1. The largest absolute Gasteiger partial charge is 0.497 e. The molecular formula is C31H40N2O4. The molecule has 0 spiro atoms. The van der Waals surface area contributed by atoms with Gasteiger partial charge in [-0.25, -0.2) is 0 Å². The zero-order chi connectivity index (χ0) is 26.0. The van der Waals surface area contributed by atoms with Gasteiger partial charge in [-0.1, -0.05) is 30.3 Å². The molecule has 2 heterocycles. The highest BCUT2D eigenvalue weighted by molar-refractivity contribution is 5.83. The lowest BCUT2D eigenvalue weighted by Gasteiger charge is -2.39. The quantitative estimate of drug-likeness (QED) is 0.283. The average molecular weight is 505 g/mol. The van der Waals surface area contributed by atoms with E-state index in [9.17, 15) is 15.0 Å². The normalized spacial score (nSPS) is 19.1. The smallest absolute Gasteiger partial charge is 0.303 e. The number of carboxylic acids is 1. The molecule has 1 aliphatic heterocycles. The number of piperidine rings is 1. The number of methoxy groups -OCH3 is 1. The minimum atomic E-state index is -0.726. The molecule has 0 bridgehead atoms. The summed E-state index contributed by atoms with van der Waals surface area (Å²) in [5.74, 6) is 0.799. The number of aliphatic hydroxyl groups excluding tert-OH is 1. The second-order valence-corrected chi connectivity index (χ2v) is 10.4. The Balaban J connectivity index is 1.32. The highest BCUT2D eigenvalue weighted by atomic mass is 16.5. The van der Waals surface area contributed by atoms with Crippen LogP contribution < -0.4 is 4.74 Å². The maximum Gasteiger partial charge on any atom is 0.303 e. The second kappa shape index (κ2) is 13.5. The third-order valence-electron chi connectivity index (χ3n) is 7.89. The minimum Gasteiger partial charge on any atom is -0.497 e. The molecule has 2 N–H and O–H groups in total. The molecule has 0 aliphatic carbocycles. The van der Waals surface area contributed by atoms with Gasteiger partial charge in [0.15, 0.2) is 0 Å². The molecule has 1 saturated heterocycles. The fourth-order valence-corrected chi connectivity index (χ4v) is 5.78. The van der Waals surface area contributed by atoms with Gasteiger partial charge in [0, 0.05) is 24.5 Å². The number of carboxylic acid groups (broad SMARTS) is 1. The number of aliphatic hydroxyl groups is 1. The van der Waals surface area contributed by atoms with Crippen LogP contribution in [0.1, 0.15) is 62.2 Å². The fraction of sp³-hybridized carbons (Fsp3) is 0.484. The molecular weight excluding hydrogens is 464 g/mol. The summed E-state index contributed by atoms with van der Waals surface area (Å²) >= 11 is 0. The van der Waals surface area contributed by atoms with Crippen molar-refractivity contribution in [2.45, 2.75) is 57.5 Å². The van der Waals surface area contributed by atoms with E-state index in [-0.39, 0.29) is 6.42 Å². The third kappa shape index (κ3) is 7.76. The Morgan fingerprint density at radius 2 is 1.95 bits per heavy atom. The molecule has 37 heavy (non-hydrogen) atoms. The summed E-state index contributed by atoms with van der Waals surface area (Å²) in [6, 6.07) is 18.3. The van der Waals surface area contributed by atoms with Crippen molar-refractivity contribution in [3.05, 3.63) is 71.9 Å². The van der Waals surface area contributed by atoms with Crippen LogP contribution in [0, 0.1) is 11.8 Å². The minimum absolute atomic E-state index is 0.209. The van der Waals surface area contributed by atoms with Crippen molar-refractivity contribution in [1.29, 1.82) is 0 Å². The summed E-state index contributed by atoms with van der Waals surface area (Å²) in [4.78, 5) is 18.3. The van der Waals surface area contributed by atoms with E-state index < -0.39 is 12.1 Å². The number of aliphatic carboxylic acids is 1. The van der Waals surface area contributed by atoms with Crippen LogP contribution in [0.4, 0.5) is 0 Å². The molecule has 0 radical (unpaired) electrons. The van der Waals surface area contributed by atoms with Crippen LogP contribution in [0.2, 0.25) is 0 Å². The Morgan fingerprint density at radius 1 is 1.11 bits per heavy atom. The molecule has 3 aromatic rings. The lowest BCUT2D eigenvalue weighted by atomic mass is 9.79. The number of aryl methyl sites for hydroxylation is 1. The highest BCUT2D eigenvalue weighted by Crippen LogP contribution is 2.35. The van der Waals surface area contributed by atoms with Crippen molar-refractivity contribution in [3.8, 4) is 5.75 Å². The van der Waals surface area contributed by atoms with Gasteiger partial charge >= 0.3 is 5.97 Å². The van der Waals surface area contributed by atoms with Gasteiger partial charge < -0.3 is 19.8 Å². The molecule has 1 fully saturated rings. The average Bonchev–Trinajstić information content (AvgIpc) is 2.93. The summed E-state index contributed by atoms with van der Waals surface area (Å²) in [5.41, 5.74) is 3.11. The number of likely N-dealkylation sites (tertiary alicyclic amines) is 1. The zero-order valence-corrected chi connectivity index (χ0v) is 21.9. The van der Waals surface area contributed by atoms with Crippen LogP contribution in [0.25, 0.3) is 10.9 Å². The maximum atomic E-state index is 11.3. The number of carbonyl (C=O) groups is 1. The first-order valence-electron chi connectivity index (χ1n) is 13.6. The van der Waals surface area contributed by atoms with E-state index in [0.717, 1.165) is 67.5 Å². The molecule has 198 valence electrons. The zero-order valence-electron chi connectivity index (χ0n) is 21.9. The number of hydrogen-bond donors (Lipinski definition) is 2. The fourth-order valence-electron chi connectivity index (χ4n) is 5.78. The van der Waals surface area contributed by atoms with Crippen molar-refractivity contribution in [2.75, 3.05) is 26.7 Å². The third-order valence-corrected chi connectivity index (χ3v) is 7.89. The molecule has 2 aromatic carbocycles. The molecule has 1 aliphatic rings. The van der Waals surface area contributed by atoms with Gasteiger partial charge in [0.1, 0.15) is 5.75 Å². The van der Waals surface area contributed by atoms with Crippen LogP contribution in [0.3, 0.4) is 0 Å². The van der Waals surface area contributed by atoms with Gasteiger partial charge in [-0.05, 0) is 105 Å². The van der Waals surface area contributed by atoms with Crippen LogP contribution in [0.5, 0.6) is 5.75 Å². The van der Waals surface area contributed by atoms with Crippen LogP contribution in [0.15, 0.2) is 60.8 Å². The van der Waals surface area contributed by atoms with Crippen molar-refractivity contribution < 1.29 is 19.7 Å². The first kappa shape index (κ1) is 27.1. The van der Waals surface area contributed by atoms with Gasteiger partial charge in [0.25, 0.3) is 0 Å². The maximum absolute atomic E-state index is 11.3. The highest BCUT2D eigenvalue weighted by Gasteiger charge is 2.30. The van der Waals surface area contributed by atoms with E-state index in [4.69, 9.17) is 4.74 Å². The topological polar surface area (TPSA) is 82.9 Å². The van der Waals surface area contributed by atoms with E-state index in [2.05, 4.69) is 40.2 Å². The number of rotatable bonds is 13. The van der Waals surface area contributed by atoms with Crippen molar-refractivity contribution >= 4 is 16.9 Å². The summed E-state index contributed by atoms with van der Waals surface area (Å²) < 4.78 is 5.38. The Kier molecular flexibility index (Phi) is 9.92. The number of pyridine rings is 1. The Morgan fingerprint density at radius 3 is 2.73 bits per heavy atom. The van der Waals surface area contributed by atoms with E-state index >= 15 is 0 Å². The number of aromatic nitrogens is 1. The Bertz CT molecular complexity index is 1140. The molecule has 6 nitrogen and oxygen atoms in total. The van der Waals surface area contributed by atoms with Crippen molar-refractivity contribution in [1.82, 2.24) is 9.88 Å². The van der Waals surface area contributed by atoms with Crippen LogP contribution in [-0.2, 0) is 11.2 Å². The summed E-state index contributed by atoms with van der Waals surface area (Å²) in [7, 11) is 1.64. The molecule has 4 rings (SSSR count). The second-order valence-electron chi connectivity index (χ2n) is 10.4. The first-order valence-corrected chi connectivity index (χ1v) is 13.6. The van der Waals surface area contributed by atoms with E-state index in [1.54, 1.807) is 13.3 Å². The summed E-state index contributed by atoms with van der Waals surface area (Å²) in [5, 5.41) is 21.4. The molecule has 6 heteroatoms. The van der Waals surface area contributed by atoms with Crippen LogP contribution >= 0.6 is 0 Å². The Hall–Kier alpha value is -2.96. The monoisotopic (exact) mass is 504 g/mol. The molecule has 1 aromatic heterocycles. The number of ether oxygens (including phenoxy) is 1. The number of unbranched alkanes of at least 4 members (excludes halogenated alkanes) is 1. The number of nitrogens with zero attached hydrogens (tertiary/aromatic N) is 2. The predicted molar refractivity (Wildman–Crippen MR) is 147 cm³/mol. The summed E-state index contributed by atoms with van der Waals surface area (Å²) in [6.45, 7) is 3.07. The first-order chi connectivity index (χ1) is 18.0. The van der Waals surface area contributed by atoms with E-state index in [1.165, 1.54) is 12.0 Å². The lowest BCUT2D eigenvalue weighted by molar-refractivity contribution is -0.137.